The van der Waals surface area contributed by atoms with Gasteiger partial charge in [-0.3, -0.25) is 4.68 Å². The van der Waals surface area contributed by atoms with E-state index in [4.69, 9.17) is 0 Å². The predicted octanol–water partition coefficient (Wildman–Crippen LogP) is 3.22. The summed E-state index contributed by atoms with van der Waals surface area (Å²) in [5.41, 5.74) is 1.15. The first-order valence-corrected chi connectivity index (χ1v) is 7.78. The average Bonchev–Trinajstić information content (AvgIpc) is 2.88. The van der Waals surface area contributed by atoms with Gasteiger partial charge in [0, 0.05) is 19.3 Å². The highest BCUT2D eigenvalue weighted by Gasteiger charge is 2.01. The van der Waals surface area contributed by atoms with Crippen molar-refractivity contribution in [2.24, 2.45) is 0 Å². The summed E-state index contributed by atoms with van der Waals surface area (Å²) in [4.78, 5) is 2.42. The highest BCUT2D eigenvalue weighted by atomic mass is 15.3. The molecule has 0 aliphatic rings. The molecule has 0 aliphatic heterocycles. The molecule has 0 fully saturated rings. The molecule has 0 bridgehead atoms. The fraction of sp³-hybridized carbons (Fsp3) is 0.800. The van der Waals surface area contributed by atoms with Crippen LogP contribution in [0.25, 0.3) is 0 Å². The second-order valence-electron chi connectivity index (χ2n) is 5.01. The van der Waals surface area contributed by atoms with Crippen molar-refractivity contribution in [3.8, 4) is 0 Å². The Kier molecular flexibility index (Phi) is 8.30. The molecule has 0 radical (unpaired) electrons. The number of hydrogen-bond acceptors (Lipinski definition) is 3. The maximum atomic E-state index is 4.40. The van der Waals surface area contributed by atoms with E-state index in [0.29, 0.717) is 0 Å². The highest BCUT2D eigenvalue weighted by molar-refractivity contribution is 5.37. The van der Waals surface area contributed by atoms with Gasteiger partial charge in [-0.25, -0.2) is 0 Å². The summed E-state index contributed by atoms with van der Waals surface area (Å²) in [7, 11) is 0. The van der Waals surface area contributed by atoms with Crippen molar-refractivity contribution in [3.63, 3.8) is 0 Å². The Labute approximate surface area is 118 Å². The molecule has 0 aliphatic carbocycles. The molecule has 0 saturated heterocycles. The van der Waals surface area contributed by atoms with E-state index in [1.54, 1.807) is 0 Å². The smallest absolute Gasteiger partial charge is 0.0726 e. The van der Waals surface area contributed by atoms with E-state index in [-0.39, 0.29) is 0 Å². The second kappa shape index (κ2) is 9.84. The van der Waals surface area contributed by atoms with E-state index in [2.05, 4.69) is 42.3 Å². The summed E-state index contributed by atoms with van der Waals surface area (Å²) in [5, 5.41) is 7.84. The Morgan fingerprint density at radius 3 is 2.63 bits per heavy atom. The lowest BCUT2D eigenvalue weighted by atomic mass is 10.2. The largest absolute Gasteiger partial charge is 0.383 e. The van der Waals surface area contributed by atoms with Crippen LogP contribution in [-0.4, -0.2) is 40.9 Å². The Balaban J connectivity index is 2.20. The Morgan fingerprint density at radius 1 is 1.16 bits per heavy atom. The number of rotatable bonds is 11. The fourth-order valence-corrected chi connectivity index (χ4v) is 2.15. The summed E-state index contributed by atoms with van der Waals surface area (Å²) < 4.78 is 2.03. The van der Waals surface area contributed by atoms with Crippen LogP contribution in [0.1, 0.15) is 46.5 Å². The lowest BCUT2D eigenvalue weighted by molar-refractivity contribution is 0.285. The molecule has 19 heavy (non-hydrogen) atoms. The zero-order valence-corrected chi connectivity index (χ0v) is 12.9. The van der Waals surface area contributed by atoms with Gasteiger partial charge in [0.25, 0.3) is 0 Å². The summed E-state index contributed by atoms with van der Waals surface area (Å²) in [6.45, 7) is 12.0. The van der Waals surface area contributed by atoms with Gasteiger partial charge in [-0.2, -0.15) is 5.10 Å². The number of aromatic nitrogens is 2. The molecule has 110 valence electrons. The molecule has 4 heteroatoms. The summed E-state index contributed by atoms with van der Waals surface area (Å²) in [5.74, 6) is 0. The monoisotopic (exact) mass is 266 g/mol. The number of nitrogens with zero attached hydrogens (tertiary/aromatic N) is 3. The van der Waals surface area contributed by atoms with E-state index in [9.17, 15) is 0 Å². The van der Waals surface area contributed by atoms with Gasteiger partial charge >= 0.3 is 0 Å². The Bertz CT molecular complexity index is 318. The molecule has 0 spiro atoms. The van der Waals surface area contributed by atoms with Crippen molar-refractivity contribution >= 4 is 5.69 Å². The number of hydrogen-bond donors (Lipinski definition) is 1. The molecule has 4 nitrogen and oxygen atoms in total. The molecular weight excluding hydrogens is 236 g/mol. The molecule has 0 aromatic carbocycles. The van der Waals surface area contributed by atoms with Crippen LogP contribution in [0.4, 0.5) is 5.69 Å². The normalized spacial score (nSPS) is 11.2. The molecule has 1 aromatic rings. The molecule has 0 saturated carbocycles. The van der Waals surface area contributed by atoms with Gasteiger partial charge in [-0.05, 0) is 19.5 Å². The standard InChI is InChI=1S/C15H30N4/c1-4-7-8-9-10-16-15-13-17-19(14-15)12-11-18(5-2)6-3/h13-14,16H,4-12H2,1-3H3. The first kappa shape index (κ1) is 16.0. The second-order valence-corrected chi connectivity index (χ2v) is 5.01. The minimum Gasteiger partial charge on any atom is -0.383 e. The maximum absolute atomic E-state index is 4.40. The first-order valence-electron chi connectivity index (χ1n) is 7.78. The van der Waals surface area contributed by atoms with Crippen molar-refractivity contribution in [2.75, 3.05) is 31.5 Å². The molecule has 1 aromatic heterocycles. The third-order valence-corrected chi connectivity index (χ3v) is 3.53. The fourth-order valence-electron chi connectivity index (χ4n) is 2.15. The van der Waals surface area contributed by atoms with E-state index >= 15 is 0 Å². The SMILES string of the molecule is CCCCCCNc1cnn(CCN(CC)CC)c1. The molecule has 0 amide bonds. The average molecular weight is 266 g/mol. The zero-order chi connectivity index (χ0) is 13.9. The van der Waals surface area contributed by atoms with Crippen LogP contribution in [0.5, 0.6) is 0 Å². The Morgan fingerprint density at radius 2 is 1.95 bits per heavy atom. The number of unbranched alkanes of at least 4 members (excludes halogenated alkanes) is 3. The highest BCUT2D eigenvalue weighted by Crippen LogP contribution is 2.06. The molecule has 1 heterocycles. The first-order chi connectivity index (χ1) is 9.30. The van der Waals surface area contributed by atoms with Crippen molar-refractivity contribution in [1.29, 1.82) is 0 Å². The van der Waals surface area contributed by atoms with Crippen LogP contribution in [0.3, 0.4) is 0 Å². The maximum Gasteiger partial charge on any atom is 0.0726 e. The minimum atomic E-state index is 0.971. The van der Waals surface area contributed by atoms with E-state index < -0.39 is 0 Å². The quantitative estimate of drug-likeness (QED) is 0.624. The van der Waals surface area contributed by atoms with Gasteiger partial charge in [0.2, 0.25) is 0 Å². The molecule has 0 unspecified atom stereocenters. The summed E-state index contributed by atoms with van der Waals surface area (Å²) in [6, 6.07) is 0. The van der Waals surface area contributed by atoms with Crippen molar-refractivity contribution in [3.05, 3.63) is 12.4 Å². The van der Waals surface area contributed by atoms with Crippen molar-refractivity contribution < 1.29 is 0 Å². The minimum absolute atomic E-state index is 0.971. The van der Waals surface area contributed by atoms with Gasteiger partial charge in [0.1, 0.15) is 0 Å². The van der Waals surface area contributed by atoms with Crippen LogP contribution in [0.2, 0.25) is 0 Å². The van der Waals surface area contributed by atoms with E-state index in [0.717, 1.165) is 38.4 Å². The van der Waals surface area contributed by atoms with Crippen LogP contribution in [0.15, 0.2) is 12.4 Å². The van der Waals surface area contributed by atoms with E-state index in [1.807, 2.05) is 10.9 Å². The number of anilines is 1. The van der Waals surface area contributed by atoms with Crippen LogP contribution in [0, 0.1) is 0 Å². The van der Waals surface area contributed by atoms with Crippen LogP contribution < -0.4 is 5.32 Å². The predicted molar refractivity (Wildman–Crippen MR) is 82.6 cm³/mol. The van der Waals surface area contributed by atoms with Gasteiger partial charge in [0.05, 0.1) is 18.4 Å². The van der Waals surface area contributed by atoms with Crippen molar-refractivity contribution in [1.82, 2.24) is 14.7 Å². The summed E-state index contributed by atoms with van der Waals surface area (Å²) in [6.07, 6.45) is 9.25. The topological polar surface area (TPSA) is 33.1 Å². The lowest BCUT2D eigenvalue weighted by Crippen LogP contribution is -2.27. The Hall–Kier alpha value is -1.03. The molecular formula is C15H30N4. The van der Waals surface area contributed by atoms with Gasteiger partial charge in [-0.15, -0.1) is 0 Å². The van der Waals surface area contributed by atoms with Crippen LogP contribution >= 0.6 is 0 Å². The molecule has 1 rings (SSSR count). The third-order valence-electron chi connectivity index (χ3n) is 3.53. The van der Waals surface area contributed by atoms with Gasteiger partial charge in [0.15, 0.2) is 0 Å². The third kappa shape index (κ3) is 6.62. The molecule has 1 N–H and O–H groups in total. The van der Waals surface area contributed by atoms with Crippen molar-refractivity contribution in [2.45, 2.75) is 53.0 Å². The van der Waals surface area contributed by atoms with Gasteiger partial charge < -0.3 is 10.2 Å². The van der Waals surface area contributed by atoms with E-state index in [1.165, 1.54) is 25.7 Å². The zero-order valence-electron chi connectivity index (χ0n) is 12.9. The molecule has 0 atom stereocenters. The number of likely N-dealkylation sites (N-methyl/N-ethyl adjacent to an activating group) is 1. The number of nitrogens with one attached hydrogen (secondary N) is 1. The van der Waals surface area contributed by atoms with Gasteiger partial charge in [-0.1, -0.05) is 40.0 Å². The summed E-state index contributed by atoms with van der Waals surface area (Å²) >= 11 is 0. The van der Waals surface area contributed by atoms with Crippen LogP contribution in [-0.2, 0) is 6.54 Å². The lowest BCUT2D eigenvalue weighted by Gasteiger charge is -2.17.